The van der Waals surface area contributed by atoms with Gasteiger partial charge in [0, 0.05) is 11.1 Å². The number of rotatable bonds is 2. The van der Waals surface area contributed by atoms with Crippen LogP contribution in [0.4, 0.5) is 4.39 Å². The molecule has 1 heterocycles. The summed E-state index contributed by atoms with van der Waals surface area (Å²) in [5.74, 6) is -0.471. The summed E-state index contributed by atoms with van der Waals surface area (Å²) in [6, 6.07) is 6.01. The van der Waals surface area contributed by atoms with E-state index in [-0.39, 0.29) is 5.56 Å². The minimum atomic E-state index is -0.471. The Morgan fingerprint density at radius 2 is 2.11 bits per heavy atom. The van der Waals surface area contributed by atoms with E-state index < -0.39 is 5.82 Å². The Morgan fingerprint density at radius 1 is 1.33 bits per heavy atom. The summed E-state index contributed by atoms with van der Waals surface area (Å²) in [5.41, 5.74) is 2.09. The van der Waals surface area contributed by atoms with Crippen molar-refractivity contribution >= 4 is 11.6 Å². The van der Waals surface area contributed by atoms with Gasteiger partial charge in [0.2, 0.25) is 0 Å². The van der Waals surface area contributed by atoms with E-state index in [4.69, 9.17) is 16.9 Å². The molecule has 0 spiro atoms. The summed E-state index contributed by atoms with van der Waals surface area (Å²) in [4.78, 5) is 8.02. The fourth-order valence-electron chi connectivity index (χ4n) is 1.74. The third-order valence-electron chi connectivity index (χ3n) is 2.55. The molecule has 18 heavy (non-hydrogen) atoms. The van der Waals surface area contributed by atoms with Crippen molar-refractivity contribution in [3.8, 4) is 17.3 Å². The Balaban J connectivity index is 2.66. The van der Waals surface area contributed by atoms with E-state index in [1.165, 1.54) is 18.5 Å². The van der Waals surface area contributed by atoms with Gasteiger partial charge in [-0.2, -0.15) is 5.26 Å². The van der Waals surface area contributed by atoms with Crippen molar-refractivity contribution in [1.29, 1.82) is 5.26 Å². The van der Waals surface area contributed by atoms with Gasteiger partial charge in [-0.05, 0) is 24.6 Å². The minimum Gasteiger partial charge on any atom is -0.236 e. The highest BCUT2D eigenvalue weighted by Gasteiger charge is 2.12. The molecule has 2 aromatic rings. The standard InChI is InChI=1S/C13H9ClFN3/c1-2-11-12(17-7-18-13(11)14)9-3-8(6-16)4-10(15)5-9/h3-5,7H,2H2,1H3. The highest BCUT2D eigenvalue weighted by Crippen LogP contribution is 2.27. The zero-order valence-corrected chi connectivity index (χ0v) is 10.4. The number of hydrogen-bond acceptors (Lipinski definition) is 3. The van der Waals surface area contributed by atoms with Crippen LogP contribution in [0.5, 0.6) is 0 Å². The van der Waals surface area contributed by atoms with Gasteiger partial charge in [0.1, 0.15) is 17.3 Å². The predicted octanol–water partition coefficient (Wildman–Crippen LogP) is 3.37. The van der Waals surface area contributed by atoms with E-state index in [2.05, 4.69) is 9.97 Å². The number of benzene rings is 1. The first-order valence-corrected chi connectivity index (χ1v) is 5.74. The van der Waals surface area contributed by atoms with E-state index in [0.29, 0.717) is 22.8 Å². The molecular formula is C13H9ClFN3. The molecule has 0 atom stereocenters. The van der Waals surface area contributed by atoms with E-state index in [1.54, 1.807) is 6.07 Å². The van der Waals surface area contributed by atoms with Crippen molar-refractivity contribution in [1.82, 2.24) is 9.97 Å². The molecule has 2 rings (SSSR count). The molecule has 0 saturated heterocycles. The Kier molecular flexibility index (Phi) is 3.54. The number of nitriles is 1. The van der Waals surface area contributed by atoms with Crippen molar-refractivity contribution in [3.63, 3.8) is 0 Å². The molecule has 90 valence electrons. The van der Waals surface area contributed by atoms with Crippen LogP contribution in [0.3, 0.4) is 0 Å². The van der Waals surface area contributed by atoms with Gasteiger partial charge in [-0.25, -0.2) is 14.4 Å². The van der Waals surface area contributed by atoms with Gasteiger partial charge >= 0.3 is 0 Å². The maximum atomic E-state index is 13.4. The second-order valence-electron chi connectivity index (χ2n) is 3.69. The van der Waals surface area contributed by atoms with Gasteiger partial charge in [0.05, 0.1) is 17.3 Å². The van der Waals surface area contributed by atoms with E-state index in [1.807, 2.05) is 13.0 Å². The first kappa shape index (κ1) is 12.5. The summed E-state index contributed by atoms with van der Waals surface area (Å²) in [7, 11) is 0. The average Bonchev–Trinajstić information content (AvgIpc) is 2.37. The molecule has 0 radical (unpaired) electrons. The highest BCUT2D eigenvalue weighted by molar-refractivity contribution is 6.30. The van der Waals surface area contributed by atoms with E-state index >= 15 is 0 Å². The summed E-state index contributed by atoms with van der Waals surface area (Å²) in [6.07, 6.45) is 1.96. The van der Waals surface area contributed by atoms with Gasteiger partial charge in [0.25, 0.3) is 0 Å². The molecule has 0 fully saturated rings. The Hall–Kier alpha value is -1.99. The molecular weight excluding hydrogens is 253 g/mol. The first-order valence-electron chi connectivity index (χ1n) is 5.36. The highest BCUT2D eigenvalue weighted by atomic mass is 35.5. The van der Waals surface area contributed by atoms with Gasteiger partial charge < -0.3 is 0 Å². The minimum absolute atomic E-state index is 0.252. The summed E-state index contributed by atoms with van der Waals surface area (Å²) in [6.45, 7) is 1.92. The molecule has 5 heteroatoms. The lowest BCUT2D eigenvalue weighted by atomic mass is 10.0. The molecule has 3 nitrogen and oxygen atoms in total. The second-order valence-corrected chi connectivity index (χ2v) is 4.04. The van der Waals surface area contributed by atoms with Gasteiger partial charge in [-0.1, -0.05) is 18.5 Å². The van der Waals surface area contributed by atoms with Crippen molar-refractivity contribution < 1.29 is 4.39 Å². The lowest BCUT2D eigenvalue weighted by molar-refractivity contribution is 0.627. The van der Waals surface area contributed by atoms with Crippen molar-refractivity contribution in [3.05, 3.63) is 46.6 Å². The quantitative estimate of drug-likeness (QED) is 0.779. The van der Waals surface area contributed by atoms with Crippen molar-refractivity contribution in [2.45, 2.75) is 13.3 Å². The van der Waals surface area contributed by atoms with Crippen LogP contribution in [-0.2, 0) is 6.42 Å². The number of halogens is 2. The largest absolute Gasteiger partial charge is 0.236 e. The van der Waals surface area contributed by atoms with Gasteiger partial charge in [0.15, 0.2) is 0 Å². The molecule has 0 aliphatic carbocycles. The molecule has 0 aliphatic heterocycles. The predicted molar refractivity (Wildman–Crippen MR) is 66.5 cm³/mol. The molecule has 0 aliphatic rings. The lowest BCUT2D eigenvalue weighted by Crippen LogP contribution is -1.96. The third kappa shape index (κ3) is 2.31. The fourth-order valence-corrected chi connectivity index (χ4v) is 2.01. The summed E-state index contributed by atoms with van der Waals surface area (Å²) >= 11 is 5.98. The smallest absolute Gasteiger partial charge is 0.136 e. The zero-order chi connectivity index (χ0) is 13.1. The topological polar surface area (TPSA) is 49.6 Å². The maximum Gasteiger partial charge on any atom is 0.136 e. The zero-order valence-electron chi connectivity index (χ0n) is 9.61. The SMILES string of the molecule is CCc1c(Cl)ncnc1-c1cc(F)cc(C#N)c1. The van der Waals surface area contributed by atoms with Crippen LogP contribution in [0.2, 0.25) is 5.15 Å². The first-order chi connectivity index (χ1) is 8.65. The Labute approximate surface area is 109 Å². The monoisotopic (exact) mass is 261 g/mol. The van der Waals surface area contributed by atoms with Gasteiger partial charge in [-0.15, -0.1) is 0 Å². The molecule has 0 amide bonds. The lowest BCUT2D eigenvalue weighted by Gasteiger charge is -2.08. The number of aromatic nitrogens is 2. The van der Waals surface area contributed by atoms with Crippen LogP contribution in [0.15, 0.2) is 24.5 Å². The second kappa shape index (κ2) is 5.11. The number of nitrogens with zero attached hydrogens (tertiary/aromatic N) is 3. The molecule has 0 bridgehead atoms. The normalized spacial score (nSPS) is 10.1. The molecule has 1 aromatic heterocycles. The molecule has 0 N–H and O–H groups in total. The van der Waals surface area contributed by atoms with Crippen LogP contribution < -0.4 is 0 Å². The maximum absolute atomic E-state index is 13.4. The van der Waals surface area contributed by atoms with Crippen LogP contribution in [0.25, 0.3) is 11.3 Å². The van der Waals surface area contributed by atoms with Crippen molar-refractivity contribution in [2.24, 2.45) is 0 Å². The third-order valence-corrected chi connectivity index (χ3v) is 2.87. The van der Waals surface area contributed by atoms with Crippen LogP contribution in [0, 0.1) is 17.1 Å². The van der Waals surface area contributed by atoms with E-state index in [9.17, 15) is 4.39 Å². The molecule has 1 aromatic carbocycles. The van der Waals surface area contributed by atoms with Crippen molar-refractivity contribution in [2.75, 3.05) is 0 Å². The van der Waals surface area contributed by atoms with Crippen LogP contribution in [0.1, 0.15) is 18.1 Å². The Morgan fingerprint density at radius 3 is 2.78 bits per heavy atom. The van der Waals surface area contributed by atoms with E-state index in [0.717, 1.165) is 5.56 Å². The fraction of sp³-hybridized carbons (Fsp3) is 0.154. The summed E-state index contributed by atoms with van der Waals surface area (Å²) in [5, 5.41) is 9.19. The van der Waals surface area contributed by atoms with Gasteiger partial charge in [-0.3, -0.25) is 0 Å². The number of hydrogen-bond donors (Lipinski definition) is 0. The molecule has 0 saturated carbocycles. The van der Waals surface area contributed by atoms with Crippen LogP contribution >= 0.6 is 11.6 Å². The van der Waals surface area contributed by atoms with Crippen LogP contribution in [-0.4, -0.2) is 9.97 Å². The average molecular weight is 262 g/mol. The Bertz CT molecular complexity index is 635. The molecule has 0 unspecified atom stereocenters. The summed E-state index contributed by atoms with van der Waals surface area (Å²) < 4.78 is 13.4.